The summed E-state index contributed by atoms with van der Waals surface area (Å²) in [5.41, 5.74) is 0.818. The molecule has 0 saturated carbocycles. The van der Waals surface area contributed by atoms with E-state index in [4.69, 9.17) is 4.52 Å². The molecule has 0 saturated heterocycles. The molecule has 66 valence electrons. The Kier molecular flexibility index (Phi) is 1.70. The van der Waals surface area contributed by atoms with Crippen LogP contribution in [0, 0.1) is 0 Å². The van der Waals surface area contributed by atoms with E-state index in [1.807, 2.05) is 0 Å². The van der Waals surface area contributed by atoms with Gasteiger partial charge in [0.15, 0.2) is 17.2 Å². The fourth-order valence-electron chi connectivity index (χ4n) is 0.901. The average Bonchev–Trinajstić information content (AvgIpc) is 2.75. The maximum Gasteiger partial charge on any atom is 0.189 e. The van der Waals surface area contributed by atoms with Crippen molar-refractivity contribution in [1.82, 2.24) is 10.3 Å². The molecule has 0 atom stereocenters. The molecule has 2 rings (SSSR count). The smallest absolute Gasteiger partial charge is 0.189 e. The SMILES string of the molecule is CC(=O)c1cc(-c2ccon2)on1. The highest BCUT2D eigenvalue weighted by molar-refractivity contribution is 5.92. The third kappa shape index (κ3) is 1.35. The maximum absolute atomic E-state index is 10.9. The minimum atomic E-state index is -0.140. The topological polar surface area (TPSA) is 69.1 Å². The maximum atomic E-state index is 10.9. The van der Waals surface area contributed by atoms with Gasteiger partial charge in [0.25, 0.3) is 0 Å². The summed E-state index contributed by atoms with van der Waals surface area (Å²) in [7, 11) is 0. The fraction of sp³-hybridized carbons (Fsp3) is 0.125. The molecule has 0 spiro atoms. The van der Waals surface area contributed by atoms with Gasteiger partial charge in [-0.3, -0.25) is 4.79 Å². The van der Waals surface area contributed by atoms with Crippen LogP contribution in [0.4, 0.5) is 0 Å². The fourth-order valence-corrected chi connectivity index (χ4v) is 0.901. The molecule has 13 heavy (non-hydrogen) atoms. The minimum absolute atomic E-state index is 0.140. The summed E-state index contributed by atoms with van der Waals surface area (Å²) in [6.07, 6.45) is 1.42. The van der Waals surface area contributed by atoms with Crippen molar-refractivity contribution in [3.05, 3.63) is 24.1 Å². The molecule has 5 heteroatoms. The third-order valence-corrected chi connectivity index (χ3v) is 1.56. The normalized spacial score (nSPS) is 10.2. The van der Waals surface area contributed by atoms with Crippen LogP contribution < -0.4 is 0 Å². The summed E-state index contributed by atoms with van der Waals surface area (Å²) in [6, 6.07) is 3.16. The number of aromatic nitrogens is 2. The van der Waals surface area contributed by atoms with Gasteiger partial charge in [0.1, 0.15) is 12.0 Å². The van der Waals surface area contributed by atoms with Crippen molar-refractivity contribution in [3.63, 3.8) is 0 Å². The van der Waals surface area contributed by atoms with Crippen LogP contribution in [0.3, 0.4) is 0 Å². The molecule has 2 aromatic rings. The van der Waals surface area contributed by atoms with Crippen molar-refractivity contribution in [2.45, 2.75) is 6.92 Å². The summed E-state index contributed by atoms with van der Waals surface area (Å²) >= 11 is 0. The van der Waals surface area contributed by atoms with E-state index < -0.39 is 0 Å². The summed E-state index contributed by atoms with van der Waals surface area (Å²) < 4.78 is 9.49. The van der Waals surface area contributed by atoms with Crippen LogP contribution in [0.15, 0.2) is 27.4 Å². The Hall–Kier alpha value is -1.91. The van der Waals surface area contributed by atoms with Gasteiger partial charge in [-0.25, -0.2) is 0 Å². The van der Waals surface area contributed by atoms with Gasteiger partial charge in [-0.15, -0.1) is 0 Å². The van der Waals surface area contributed by atoms with Gasteiger partial charge in [-0.2, -0.15) is 0 Å². The zero-order valence-corrected chi connectivity index (χ0v) is 6.85. The second-order valence-electron chi connectivity index (χ2n) is 2.52. The molecular weight excluding hydrogens is 172 g/mol. The lowest BCUT2D eigenvalue weighted by atomic mass is 10.2. The van der Waals surface area contributed by atoms with Crippen molar-refractivity contribution in [2.75, 3.05) is 0 Å². The highest BCUT2D eigenvalue weighted by Gasteiger charge is 2.11. The zero-order chi connectivity index (χ0) is 9.26. The van der Waals surface area contributed by atoms with Crippen LogP contribution in [0.25, 0.3) is 11.5 Å². The van der Waals surface area contributed by atoms with Crippen molar-refractivity contribution in [2.24, 2.45) is 0 Å². The molecule has 0 aromatic carbocycles. The van der Waals surface area contributed by atoms with Crippen LogP contribution in [0.1, 0.15) is 17.4 Å². The second kappa shape index (κ2) is 2.85. The van der Waals surface area contributed by atoms with Crippen LogP contribution in [0.2, 0.25) is 0 Å². The number of Topliss-reactive ketones (excluding diaryl/α,β-unsaturated/α-hetero) is 1. The number of carbonyl (C=O) groups excluding carboxylic acids is 1. The number of hydrogen-bond donors (Lipinski definition) is 0. The van der Waals surface area contributed by atoms with Gasteiger partial charge in [-0.1, -0.05) is 10.3 Å². The quantitative estimate of drug-likeness (QED) is 0.652. The largest absolute Gasteiger partial charge is 0.364 e. The van der Waals surface area contributed by atoms with Crippen LogP contribution in [-0.2, 0) is 0 Å². The molecule has 5 nitrogen and oxygen atoms in total. The number of hydrogen-bond acceptors (Lipinski definition) is 5. The highest BCUT2D eigenvalue weighted by Crippen LogP contribution is 2.17. The standard InChI is InChI=1S/C8H6N2O3/c1-5(11)7-4-8(13-10-7)6-2-3-12-9-6/h2-4H,1H3. The lowest BCUT2D eigenvalue weighted by molar-refractivity contribution is 0.100. The monoisotopic (exact) mass is 178 g/mol. The molecule has 0 radical (unpaired) electrons. The van der Waals surface area contributed by atoms with Gasteiger partial charge in [-0.05, 0) is 0 Å². The summed E-state index contributed by atoms with van der Waals surface area (Å²) in [4.78, 5) is 10.9. The number of carbonyl (C=O) groups is 1. The second-order valence-corrected chi connectivity index (χ2v) is 2.52. The van der Waals surface area contributed by atoms with Gasteiger partial charge in [0.05, 0.1) is 0 Å². The lowest BCUT2D eigenvalue weighted by Crippen LogP contribution is -1.89. The summed E-state index contributed by atoms with van der Waals surface area (Å²) in [5, 5.41) is 7.20. The zero-order valence-electron chi connectivity index (χ0n) is 6.85. The number of ketones is 1. The van der Waals surface area contributed by atoms with E-state index in [0.29, 0.717) is 11.5 Å². The summed E-state index contributed by atoms with van der Waals surface area (Å²) in [6.45, 7) is 1.42. The predicted molar refractivity (Wildman–Crippen MR) is 42.0 cm³/mol. The van der Waals surface area contributed by atoms with Crippen molar-refractivity contribution in [3.8, 4) is 11.5 Å². The van der Waals surface area contributed by atoms with Crippen LogP contribution >= 0.6 is 0 Å². The molecule has 0 amide bonds. The van der Waals surface area contributed by atoms with Gasteiger partial charge >= 0.3 is 0 Å². The first-order chi connectivity index (χ1) is 6.27. The molecule has 0 N–H and O–H groups in total. The first-order valence-electron chi connectivity index (χ1n) is 3.66. The first kappa shape index (κ1) is 7.72. The Labute approximate surface area is 73.3 Å². The molecule has 0 fully saturated rings. The average molecular weight is 178 g/mol. The molecule has 0 aliphatic rings. The Morgan fingerprint density at radius 1 is 1.46 bits per heavy atom. The molecule has 0 aliphatic heterocycles. The minimum Gasteiger partial charge on any atom is -0.364 e. The van der Waals surface area contributed by atoms with Gasteiger partial charge in [0, 0.05) is 19.1 Å². The Morgan fingerprint density at radius 3 is 2.85 bits per heavy atom. The van der Waals surface area contributed by atoms with E-state index >= 15 is 0 Å². The lowest BCUT2D eigenvalue weighted by Gasteiger charge is -1.80. The summed E-state index contributed by atoms with van der Waals surface area (Å²) in [5.74, 6) is 0.289. The van der Waals surface area contributed by atoms with Gasteiger partial charge < -0.3 is 9.05 Å². The molecule has 0 bridgehead atoms. The molecular formula is C8H6N2O3. The highest BCUT2D eigenvalue weighted by atomic mass is 16.5. The first-order valence-corrected chi connectivity index (χ1v) is 3.66. The Morgan fingerprint density at radius 2 is 2.31 bits per heavy atom. The van der Waals surface area contributed by atoms with E-state index in [1.54, 1.807) is 6.07 Å². The van der Waals surface area contributed by atoms with Crippen molar-refractivity contribution >= 4 is 5.78 Å². The third-order valence-electron chi connectivity index (χ3n) is 1.56. The van der Waals surface area contributed by atoms with Gasteiger partial charge in [0.2, 0.25) is 0 Å². The van der Waals surface area contributed by atoms with E-state index in [1.165, 1.54) is 19.3 Å². The number of rotatable bonds is 2. The van der Waals surface area contributed by atoms with Crippen molar-refractivity contribution < 1.29 is 13.8 Å². The van der Waals surface area contributed by atoms with E-state index in [0.717, 1.165) is 0 Å². The molecule has 0 aliphatic carbocycles. The van der Waals surface area contributed by atoms with E-state index in [9.17, 15) is 4.79 Å². The van der Waals surface area contributed by atoms with E-state index in [2.05, 4.69) is 14.8 Å². The number of nitrogens with zero attached hydrogens (tertiary/aromatic N) is 2. The Balaban J connectivity index is 2.39. The molecule has 0 unspecified atom stereocenters. The van der Waals surface area contributed by atoms with Crippen molar-refractivity contribution in [1.29, 1.82) is 0 Å². The molecule has 2 aromatic heterocycles. The van der Waals surface area contributed by atoms with E-state index in [-0.39, 0.29) is 11.5 Å². The van der Waals surface area contributed by atoms with Crippen LogP contribution in [0.5, 0.6) is 0 Å². The van der Waals surface area contributed by atoms with Crippen LogP contribution in [-0.4, -0.2) is 16.1 Å². The predicted octanol–water partition coefficient (Wildman–Crippen LogP) is 1.53. The molecule has 2 heterocycles. The Bertz CT molecular complexity index is 416.